The van der Waals surface area contributed by atoms with Gasteiger partial charge < -0.3 is 10.1 Å². The van der Waals surface area contributed by atoms with Crippen molar-refractivity contribution < 1.29 is 9.53 Å². The molecule has 3 nitrogen and oxygen atoms in total. The predicted octanol–water partition coefficient (Wildman–Crippen LogP) is 3.23. The summed E-state index contributed by atoms with van der Waals surface area (Å²) in [6, 6.07) is 0. The van der Waals surface area contributed by atoms with Crippen LogP contribution in [-0.4, -0.2) is 37.2 Å². The average Bonchev–Trinajstić information content (AvgIpc) is 2.86. The minimum Gasteiger partial charge on any atom is -0.468 e. The Bertz CT molecular complexity index is 273. The number of hydrogen-bond donors (Lipinski definition) is 1. The fourth-order valence-electron chi connectivity index (χ4n) is 3.13. The standard InChI is InChI=1S/C15H29NO2S/c1-4-5-6-11-19-12-9-13-8-7-10-15(13,16-2)14(17)18-3/h13,16H,4-12H2,1-3H3. The maximum absolute atomic E-state index is 12.1. The summed E-state index contributed by atoms with van der Waals surface area (Å²) in [7, 11) is 3.39. The lowest BCUT2D eigenvalue weighted by atomic mass is 9.85. The molecule has 0 aromatic rings. The van der Waals surface area contributed by atoms with Crippen molar-refractivity contribution in [2.24, 2.45) is 5.92 Å². The molecule has 1 N–H and O–H groups in total. The van der Waals surface area contributed by atoms with Gasteiger partial charge in [-0.3, -0.25) is 4.79 Å². The fourth-order valence-corrected chi connectivity index (χ4v) is 4.20. The number of rotatable bonds is 9. The molecule has 19 heavy (non-hydrogen) atoms. The number of carbonyl (C=O) groups is 1. The van der Waals surface area contributed by atoms with Crippen molar-refractivity contribution in [2.45, 2.75) is 57.4 Å². The summed E-state index contributed by atoms with van der Waals surface area (Å²) in [5.74, 6) is 2.78. The van der Waals surface area contributed by atoms with Gasteiger partial charge in [0, 0.05) is 0 Å². The van der Waals surface area contributed by atoms with Gasteiger partial charge in [-0.25, -0.2) is 0 Å². The molecule has 0 spiro atoms. The van der Waals surface area contributed by atoms with Crippen LogP contribution < -0.4 is 5.32 Å². The van der Waals surface area contributed by atoms with Crippen molar-refractivity contribution in [1.29, 1.82) is 0 Å². The van der Waals surface area contributed by atoms with E-state index in [9.17, 15) is 4.79 Å². The number of methoxy groups -OCH3 is 1. The molecule has 2 unspecified atom stereocenters. The van der Waals surface area contributed by atoms with E-state index in [0.29, 0.717) is 5.92 Å². The number of likely N-dealkylation sites (N-methyl/N-ethyl adjacent to an activating group) is 1. The Balaban J connectivity index is 2.36. The number of hydrogen-bond acceptors (Lipinski definition) is 4. The Labute approximate surface area is 122 Å². The third-order valence-corrected chi connectivity index (χ3v) is 5.42. The smallest absolute Gasteiger partial charge is 0.326 e. The van der Waals surface area contributed by atoms with Gasteiger partial charge in [-0.05, 0) is 50.2 Å². The van der Waals surface area contributed by atoms with Crippen LogP contribution in [0.15, 0.2) is 0 Å². The SMILES string of the molecule is CCCCCSCCC1CCCC1(NC)C(=O)OC. The van der Waals surface area contributed by atoms with Gasteiger partial charge >= 0.3 is 5.97 Å². The second kappa shape index (κ2) is 8.85. The lowest BCUT2D eigenvalue weighted by Crippen LogP contribution is -2.53. The van der Waals surface area contributed by atoms with Crippen LogP contribution in [0, 0.1) is 5.92 Å². The van der Waals surface area contributed by atoms with Gasteiger partial charge in [0.1, 0.15) is 5.54 Å². The van der Waals surface area contributed by atoms with E-state index in [1.165, 1.54) is 32.1 Å². The monoisotopic (exact) mass is 287 g/mol. The highest BCUT2D eigenvalue weighted by Crippen LogP contribution is 2.39. The molecule has 0 bridgehead atoms. The van der Waals surface area contributed by atoms with Crippen molar-refractivity contribution in [3.63, 3.8) is 0 Å². The van der Waals surface area contributed by atoms with Gasteiger partial charge in [-0.2, -0.15) is 11.8 Å². The number of carbonyl (C=O) groups excluding carboxylic acids is 1. The number of esters is 1. The number of nitrogens with one attached hydrogen (secondary N) is 1. The van der Waals surface area contributed by atoms with E-state index in [1.807, 2.05) is 18.8 Å². The van der Waals surface area contributed by atoms with Crippen LogP contribution in [0.1, 0.15) is 51.9 Å². The predicted molar refractivity (Wildman–Crippen MR) is 82.6 cm³/mol. The Morgan fingerprint density at radius 1 is 1.42 bits per heavy atom. The third-order valence-electron chi connectivity index (χ3n) is 4.32. The highest BCUT2D eigenvalue weighted by atomic mass is 32.2. The Morgan fingerprint density at radius 2 is 2.21 bits per heavy atom. The average molecular weight is 287 g/mol. The maximum Gasteiger partial charge on any atom is 0.326 e. The Hall–Kier alpha value is -0.220. The first-order valence-corrected chi connectivity index (χ1v) is 8.71. The summed E-state index contributed by atoms with van der Waals surface area (Å²) in [6.07, 6.45) is 8.24. The summed E-state index contributed by atoms with van der Waals surface area (Å²) in [5, 5.41) is 3.26. The molecular formula is C15H29NO2S. The van der Waals surface area contributed by atoms with Crippen LogP contribution in [0.25, 0.3) is 0 Å². The van der Waals surface area contributed by atoms with Crippen LogP contribution in [0.4, 0.5) is 0 Å². The van der Waals surface area contributed by atoms with E-state index in [0.717, 1.165) is 31.4 Å². The molecule has 0 saturated heterocycles. The van der Waals surface area contributed by atoms with Crippen LogP contribution in [-0.2, 0) is 9.53 Å². The first kappa shape index (κ1) is 16.8. The van der Waals surface area contributed by atoms with Gasteiger partial charge in [-0.1, -0.05) is 26.2 Å². The molecule has 0 aromatic heterocycles. The molecule has 0 amide bonds. The first-order chi connectivity index (χ1) is 9.21. The Morgan fingerprint density at radius 3 is 2.84 bits per heavy atom. The second-order valence-corrected chi connectivity index (χ2v) is 6.63. The molecule has 1 aliphatic rings. The van der Waals surface area contributed by atoms with Crippen LogP contribution in [0.3, 0.4) is 0 Å². The summed E-state index contributed by atoms with van der Waals surface area (Å²) in [6.45, 7) is 2.24. The lowest BCUT2D eigenvalue weighted by molar-refractivity contribution is -0.150. The highest BCUT2D eigenvalue weighted by Gasteiger charge is 2.48. The van der Waals surface area contributed by atoms with Gasteiger partial charge in [0.2, 0.25) is 0 Å². The van der Waals surface area contributed by atoms with Crippen molar-refractivity contribution in [1.82, 2.24) is 5.32 Å². The largest absolute Gasteiger partial charge is 0.468 e. The molecule has 0 heterocycles. The zero-order chi connectivity index (χ0) is 14.1. The molecule has 1 fully saturated rings. The van der Waals surface area contributed by atoms with Crippen LogP contribution in [0.2, 0.25) is 0 Å². The van der Waals surface area contributed by atoms with E-state index in [2.05, 4.69) is 12.2 Å². The summed E-state index contributed by atoms with van der Waals surface area (Å²) in [4.78, 5) is 12.1. The molecule has 112 valence electrons. The topological polar surface area (TPSA) is 38.3 Å². The van der Waals surface area contributed by atoms with E-state index in [-0.39, 0.29) is 5.97 Å². The first-order valence-electron chi connectivity index (χ1n) is 7.56. The van der Waals surface area contributed by atoms with E-state index in [4.69, 9.17) is 4.74 Å². The Kier molecular flexibility index (Phi) is 7.84. The summed E-state index contributed by atoms with van der Waals surface area (Å²) < 4.78 is 5.01. The zero-order valence-electron chi connectivity index (χ0n) is 12.7. The molecule has 4 heteroatoms. The molecule has 0 aromatic carbocycles. The molecule has 2 atom stereocenters. The maximum atomic E-state index is 12.1. The van der Waals surface area contributed by atoms with E-state index in [1.54, 1.807) is 0 Å². The number of thioether (sulfide) groups is 1. The van der Waals surface area contributed by atoms with Gasteiger partial charge in [0.05, 0.1) is 7.11 Å². The molecule has 1 aliphatic carbocycles. The molecule has 0 radical (unpaired) electrons. The van der Waals surface area contributed by atoms with Crippen molar-refractivity contribution in [3.05, 3.63) is 0 Å². The van der Waals surface area contributed by atoms with Crippen molar-refractivity contribution >= 4 is 17.7 Å². The van der Waals surface area contributed by atoms with Crippen LogP contribution >= 0.6 is 11.8 Å². The second-order valence-electron chi connectivity index (χ2n) is 5.41. The van der Waals surface area contributed by atoms with E-state index < -0.39 is 5.54 Å². The number of ether oxygens (including phenoxy) is 1. The van der Waals surface area contributed by atoms with Gasteiger partial charge in [0.15, 0.2) is 0 Å². The molecule has 1 saturated carbocycles. The quantitative estimate of drug-likeness (QED) is 0.522. The molecule has 0 aliphatic heterocycles. The van der Waals surface area contributed by atoms with Crippen molar-refractivity contribution in [2.75, 3.05) is 25.7 Å². The lowest BCUT2D eigenvalue weighted by Gasteiger charge is -2.32. The summed E-state index contributed by atoms with van der Waals surface area (Å²) >= 11 is 2.03. The van der Waals surface area contributed by atoms with Gasteiger partial charge in [0.25, 0.3) is 0 Å². The summed E-state index contributed by atoms with van der Waals surface area (Å²) in [5.41, 5.74) is -0.418. The third kappa shape index (κ3) is 4.38. The minimum atomic E-state index is -0.418. The highest BCUT2D eigenvalue weighted by molar-refractivity contribution is 7.99. The van der Waals surface area contributed by atoms with E-state index >= 15 is 0 Å². The molecular weight excluding hydrogens is 258 g/mol. The minimum absolute atomic E-state index is 0.0755. The zero-order valence-corrected chi connectivity index (χ0v) is 13.5. The van der Waals surface area contributed by atoms with Gasteiger partial charge in [-0.15, -0.1) is 0 Å². The van der Waals surface area contributed by atoms with Crippen LogP contribution in [0.5, 0.6) is 0 Å². The van der Waals surface area contributed by atoms with Crippen molar-refractivity contribution in [3.8, 4) is 0 Å². The molecule has 1 rings (SSSR count). The number of unbranched alkanes of at least 4 members (excludes halogenated alkanes) is 2. The fraction of sp³-hybridized carbons (Fsp3) is 0.933. The normalized spacial score (nSPS) is 26.6.